The van der Waals surface area contributed by atoms with Gasteiger partial charge in [-0.2, -0.15) is 0 Å². The maximum Gasteiger partial charge on any atom is 0.0694 e. The van der Waals surface area contributed by atoms with Crippen LogP contribution in [0.3, 0.4) is 0 Å². The van der Waals surface area contributed by atoms with Crippen molar-refractivity contribution in [3.8, 4) is 0 Å². The second-order valence-corrected chi connectivity index (χ2v) is 6.74. The molecule has 4 heteroatoms. The van der Waals surface area contributed by atoms with Crippen LogP contribution >= 0.6 is 11.6 Å². The minimum absolute atomic E-state index is 0.0132. The van der Waals surface area contributed by atoms with Gasteiger partial charge in [0.1, 0.15) is 0 Å². The number of nitrogens with zero attached hydrogens (tertiary/aromatic N) is 1. The Morgan fingerprint density at radius 1 is 1.40 bits per heavy atom. The summed E-state index contributed by atoms with van der Waals surface area (Å²) >= 11 is 6.43. The Bertz CT molecular complexity index is 460. The highest BCUT2D eigenvalue weighted by Crippen LogP contribution is 2.30. The molecule has 0 bridgehead atoms. The van der Waals surface area contributed by atoms with Crippen LogP contribution in [0.15, 0.2) is 18.2 Å². The Balaban J connectivity index is 2.15. The summed E-state index contributed by atoms with van der Waals surface area (Å²) in [4.78, 5) is 2.38. The van der Waals surface area contributed by atoms with Crippen molar-refractivity contribution in [3.05, 3.63) is 28.8 Å². The number of halogens is 1. The lowest BCUT2D eigenvalue weighted by Crippen LogP contribution is -2.53. The van der Waals surface area contributed by atoms with Gasteiger partial charge in [0.25, 0.3) is 0 Å². The fourth-order valence-corrected chi connectivity index (χ4v) is 2.74. The van der Waals surface area contributed by atoms with Crippen LogP contribution in [0.2, 0.25) is 5.02 Å². The molecule has 20 heavy (non-hydrogen) atoms. The van der Waals surface area contributed by atoms with Crippen LogP contribution in [-0.4, -0.2) is 31.3 Å². The number of benzene rings is 1. The van der Waals surface area contributed by atoms with Gasteiger partial charge < -0.3 is 15.0 Å². The predicted octanol–water partition coefficient (Wildman–Crippen LogP) is 3.45. The van der Waals surface area contributed by atoms with E-state index in [2.05, 4.69) is 56.1 Å². The zero-order chi connectivity index (χ0) is 14.8. The first kappa shape index (κ1) is 15.6. The molecule has 1 N–H and O–H groups in total. The molecule has 1 heterocycles. The Morgan fingerprint density at radius 3 is 2.75 bits per heavy atom. The Kier molecular flexibility index (Phi) is 4.95. The van der Waals surface area contributed by atoms with Gasteiger partial charge in [-0.1, -0.05) is 31.5 Å². The van der Waals surface area contributed by atoms with Crippen molar-refractivity contribution in [3.63, 3.8) is 0 Å². The van der Waals surface area contributed by atoms with Gasteiger partial charge in [-0.3, -0.25) is 0 Å². The largest absolute Gasteiger partial charge is 0.377 e. The summed E-state index contributed by atoms with van der Waals surface area (Å²) in [6, 6.07) is 6.82. The van der Waals surface area contributed by atoms with Crippen LogP contribution in [-0.2, 0) is 11.3 Å². The lowest BCUT2D eigenvalue weighted by Gasteiger charge is -2.44. The molecule has 1 aliphatic heterocycles. The second-order valence-electron chi connectivity index (χ2n) is 6.33. The third-order valence-corrected chi connectivity index (χ3v) is 4.05. The maximum absolute atomic E-state index is 6.43. The van der Waals surface area contributed by atoms with E-state index < -0.39 is 0 Å². The standard InChI is InChI=1S/C16H25ClN2O/c1-12(2)18-10-13-5-6-14(9-15(13)17)19-7-8-20-11-16(19,3)4/h5-6,9,12,18H,7-8,10-11H2,1-4H3. The molecule has 0 amide bonds. The average Bonchev–Trinajstić information content (AvgIpc) is 2.36. The fourth-order valence-electron chi connectivity index (χ4n) is 2.50. The summed E-state index contributed by atoms with van der Waals surface area (Å²) in [5.41, 5.74) is 2.34. The molecule has 0 radical (unpaired) electrons. The van der Waals surface area contributed by atoms with Crippen LogP contribution in [0.5, 0.6) is 0 Å². The van der Waals surface area contributed by atoms with E-state index >= 15 is 0 Å². The van der Waals surface area contributed by atoms with Gasteiger partial charge >= 0.3 is 0 Å². The second kappa shape index (κ2) is 6.33. The van der Waals surface area contributed by atoms with Crippen LogP contribution in [0.1, 0.15) is 33.3 Å². The Hall–Kier alpha value is -0.770. The van der Waals surface area contributed by atoms with Crippen molar-refractivity contribution in [1.29, 1.82) is 0 Å². The van der Waals surface area contributed by atoms with Crippen molar-refractivity contribution in [2.24, 2.45) is 0 Å². The van der Waals surface area contributed by atoms with Crippen molar-refractivity contribution in [2.75, 3.05) is 24.7 Å². The first-order valence-corrected chi connectivity index (χ1v) is 7.65. The van der Waals surface area contributed by atoms with Gasteiger partial charge in [0.15, 0.2) is 0 Å². The van der Waals surface area contributed by atoms with Gasteiger partial charge in [0.05, 0.1) is 18.8 Å². The zero-order valence-corrected chi connectivity index (χ0v) is 13.6. The predicted molar refractivity (Wildman–Crippen MR) is 85.7 cm³/mol. The van der Waals surface area contributed by atoms with Gasteiger partial charge in [-0.15, -0.1) is 0 Å². The van der Waals surface area contributed by atoms with E-state index in [1.807, 2.05) is 0 Å². The molecule has 3 nitrogen and oxygen atoms in total. The van der Waals surface area contributed by atoms with Gasteiger partial charge in [-0.05, 0) is 31.5 Å². The molecule has 0 unspecified atom stereocenters. The lowest BCUT2D eigenvalue weighted by molar-refractivity contribution is 0.0644. The van der Waals surface area contributed by atoms with Gasteiger partial charge in [0, 0.05) is 29.8 Å². The van der Waals surface area contributed by atoms with Gasteiger partial charge in [0.2, 0.25) is 0 Å². The molecule has 2 rings (SSSR count). The van der Waals surface area contributed by atoms with E-state index in [0.717, 1.165) is 36.9 Å². The minimum Gasteiger partial charge on any atom is -0.377 e. The highest BCUT2D eigenvalue weighted by molar-refractivity contribution is 6.31. The molecule has 0 saturated carbocycles. The number of rotatable bonds is 4. The molecule has 0 aliphatic carbocycles. The third-order valence-electron chi connectivity index (χ3n) is 3.69. The molecule has 112 valence electrons. The van der Waals surface area contributed by atoms with E-state index in [-0.39, 0.29) is 5.54 Å². The molecule has 0 spiro atoms. The van der Waals surface area contributed by atoms with Crippen LogP contribution in [0.4, 0.5) is 5.69 Å². The molecule has 0 aromatic heterocycles. The summed E-state index contributed by atoms with van der Waals surface area (Å²) < 4.78 is 5.57. The molecule has 1 aromatic carbocycles. The number of anilines is 1. The van der Waals surface area contributed by atoms with E-state index in [9.17, 15) is 0 Å². The number of morpholine rings is 1. The van der Waals surface area contributed by atoms with Crippen molar-refractivity contribution < 1.29 is 4.74 Å². The smallest absolute Gasteiger partial charge is 0.0694 e. The molecule has 1 saturated heterocycles. The summed E-state index contributed by atoms with van der Waals surface area (Å²) in [6.07, 6.45) is 0. The SMILES string of the molecule is CC(C)NCc1ccc(N2CCOCC2(C)C)cc1Cl. The molecule has 1 aliphatic rings. The quantitative estimate of drug-likeness (QED) is 0.921. The summed E-state index contributed by atoms with van der Waals surface area (Å²) in [5, 5.41) is 4.23. The van der Waals surface area contributed by atoms with E-state index in [1.165, 1.54) is 5.69 Å². The summed E-state index contributed by atoms with van der Waals surface area (Å²) in [6.45, 7) is 11.9. The first-order chi connectivity index (χ1) is 9.40. The number of ether oxygens (including phenoxy) is 1. The number of nitrogens with one attached hydrogen (secondary N) is 1. The molecular weight excluding hydrogens is 272 g/mol. The zero-order valence-electron chi connectivity index (χ0n) is 12.9. The van der Waals surface area contributed by atoms with E-state index in [4.69, 9.17) is 16.3 Å². The highest BCUT2D eigenvalue weighted by atomic mass is 35.5. The van der Waals surface area contributed by atoms with Crippen LogP contribution < -0.4 is 10.2 Å². The Morgan fingerprint density at radius 2 is 2.15 bits per heavy atom. The Labute approximate surface area is 127 Å². The molecule has 1 aromatic rings. The van der Waals surface area contributed by atoms with Crippen molar-refractivity contribution >= 4 is 17.3 Å². The monoisotopic (exact) mass is 296 g/mol. The topological polar surface area (TPSA) is 24.5 Å². The first-order valence-electron chi connectivity index (χ1n) is 7.27. The van der Waals surface area contributed by atoms with Gasteiger partial charge in [-0.25, -0.2) is 0 Å². The summed E-state index contributed by atoms with van der Waals surface area (Å²) in [5.74, 6) is 0. The number of hydrogen-bond acceptors (Lipinski definition) is 3. The van der Waals surface area contributed by atoms with E-state index in [0.29, 0.717) is 6.04 Å². The van der Waals surface area contributed by atoms with Crippen LogP contribution in [0.25, 0.3) is 0 Å². The van der Waals surface area contributed by atoms with E-state index in [1.54, 1.807) is 0 Å². The molecular formula is C16H25ClN2O. The average molecular weight is 297 g/mol. The lowest BCUT2D eigenvalue weighted by atomic mass is 10.0. The molecule has 0 atom stereocenters. The number of hydrogen-bond donors (Lipinski definition) is 1. The fraction of sp³-hybridized carbons (Fsp3) is 0.625. The third kappa shape index (κ3) is 3.66. The van der Waals surface area contributed by atoms with Crippen molar-refractivity contribution in [1.82, 2.24) is 5.32 Å². The minimum atomic E-state index is 0.0132. The summed E-state index contributed by atoms with van der Waals surface area (Å²) in [7, 11) is 0. The maximum atomic E-state index is 6.43. The highest BCUT2D eigenvalue weighted by Gasteiger charge is 2.30. The van der Waals surface area contributed by atoms with Crippen LogP contribution in [0, 0.1) is 0 Å². The molecule has 1 fully saturated rings. The van der Waals surface area contributed by atoms with Crippen molar-refractivity contribution in [2.45, 2.75) is 45.8 Å². The normalized spacial score (nSPS) is 18.6.